The van der Waals surface area contributed by atoms with Crippen LogP contribution in [0.4, 0.5) is 0 Å². The van der Waals surface area contributed by atoms with Gasteiger partial charge in [0, 0.05) is 12.4 Å². The highest BCUT2D eigenvalue weighted by atomic mass is 31.0. The van der Waals surface area contributed by atoms with Crippen molar-refractivity contribution < 1.29 is 0 Å². The highest BCUT2D eigenvalue weighted by Gasteiger charge is 1.58. The summed E-state index contributed by atoms with van der Waals surface area (Å²) in [5, 5.41) is 0. The maximum Gasteiger partial charge on any atom is 0.0267 e. The molecule has 0 amide bonds. The summed E-state index contributed by atoms with van der Waals surface area (Å²) >= 11 is 0. The Morgan fingerprint density at radius 3 is 1.50 bits per heavy atom. The van der Waals surface area contributed by atoms with E-state index >= 15 is 0 Å². The van der Waals surface area contributed by atoms with Crippen LogP contribution in [0.5, 0.6) is 0 Å². The van der Waals surface area contributed by atoms with Crippen molar-refractivity contribution >= 4 is 9.90 Å². The minimum atomic E-state index is 0. The summed E-state index contributed by atoms with van der Waals surface area (Å²) in [5.74, 6) is 0. The molecule has 0 aliphatic carbocycles. The van der Waals surface area contributed by atoms with Gasteiger partial charge in [-0.25, -0.2) is 0 Å². The van der Waals surface area contributed by atoms with Crippen LogP contribution in [0, 0.1) is 0 Å². The van der Waals surface area contributed by atoms with Gasteiger partial charge in [-0.3, -0.25) is 4.98 Å². The lowest BCUT2D eigenvalue weighted by atomic mass is 10.5. The molecule has 0 aliphatic rings. The molecule has 0 radical (unpaired) electrons. The fourth-order valence-electron chi connectivity index (χ4n) is 0.313. The molecule has 0 aliphatic heterocycles. The third-order valence-electron chi connectivity index (χ3n) is 0.566. The number of hydrogen-bond acceptors (Lipinski definition) is 2. The maximum absolute atomic E-state index is 3.78. The van der Waals surface area contributed by atoms with E-state index in [0.717, 1.165) is 0 Å². The van der Waals surface area contributed by atoms with Crippen LogP contribution >= 0.6 is 9.90 Å². The highest BCUT2D eigenvalue weighted by Crippen LogP contribution is 1.73. The Balaban J connectivity index is 0. The van der Waals surface area contributed by atoms with Gasteiger partial charge in [0.05, 0.1) is 0 Å². The number of pyridine rings is 1. The SMILES string of the molecule is N.P.c1ccncc1. The van der Waals surface area contributed by atoms with Gasteiger partial charge < -0.3 is 6.15 Å². The lowest BCUT2D eigenvalue weighted by Gasteiger charge is -1.70. The maximum atomic E-state index is 3.78. The molecule has 3 heteroatoms. The molecule has 1 aromatic rings. The van der Waals surface area contributed by atoms with Crippen molar-refractivity contribution in [1.29, 1.82) is 0 Å². The third-order valence-corrected chi connectivity index (χ3v) is 0.566. The summed E-state index contributed by atoms with van der Waals surface area (Å²) in [7, 11) is 0. The van der Waals surface area contributed by atoms with Gasteiger partial charge in [0.1, 0.15) is 0 Å². The van der Waals surface area contributed by atoms with Crippen molar-refractivity contribution in [3.63, 3.8) is 0 Å². The van der Waals surface area contributed by atoms with E-state index in [4.69, 9.17) is 0 Å². The molecule has 0 spiro atoms. The molecule has 0 aromatic carbocycles. The molecule has 0 bridgehead atoms. The Morgan fingerprint density at radius 1 is 0.875 bits per heavy atom. The lowest BCUT2D eigenvalue weighted by Crippen LogP contribution is -1.58. The molecular weight excluding hydrogens is 119 g/mol. The Morgan fingerprint density at radius 2 is 1.38 bits per heavy atom. The standard InChI is InChI=1S/C5H5N.H3N.H3P/c1-2-4-6-5-3-1;;/h1-5H;2*1H3. The third kappa shape index (κ3) is 3.72. The van der Waals surface area contributed by atoms with E-state index < -0.39 is 0 Å². The summed E-state index contributed by atoms with van der Waals surface area (Å²) in [6.07, 6.45) is 3.50. The van der Waals surface area contributed by atoms with Crippen LogP contribution in [0.25, 0.3) is 0 Å². The van der Waals surface area contributed by atoms with Crippen LogP contribution in [0.2, 0.25) is 0 Å². The Hall–Kier alpha value is -0.460. The number of rotatable bonds is 0. The van der Waals surface area contributed by atoms with Gasteiger partial charge in [-0.15, -0.1) is 0 Å². The molecule has 0 saturated heterocycles. The Bertz CT molecular complexity index is 82.4. The summed E-state index contributed by atoms with van der Waals surface area (Å²) in [6.45, 7) is 0. The molecule has 1 atom stereocenters. The van der Waals surface area contributed by atoms with E-state index in [1.807, 2.05) is 18.2 Å². The zero-order valence-electron chi connectivity index (χ0n) is 4.75. The second-order valence-corrected chi connectivity index (χ2v) is 1.02. The van der Waals surface area contributed by atoms with Crippen LogP contribution in [-0.4, -0.2) is 4.98 Å². The zero-order valence-corrected chi connectivity index (χ0v) is 6.16. The fraction of sp³-hybridized carbons (Fsp3) is 0. The van der Waals surface area contributed by atoms with Gasteiger partial charge in [0.25, 0.3) is 0 Å². The van der Waals surface area contributed by atoms with Crippen LogP contribution in [0.1, 0.15) is 0 Å². The Kier molecular flexibility index (Phi) is 8.59. The smallest absolute Gasteiger partial charge is 0.0267 e. The monoisotopic (exact) mass is 130 g/mol. The van der Waals surface area contributed by atoms with Crippen LogP contribution in [-0.2, 0) is 0 Å². The summed E-state index contributed by atoms with van der Waals surface area (Å²) in [5.41, 5.74) is 0. The summed E-state index contributed by atoms with van der Waals surface area (Å²) in [6, 6.07) is 5.72. The van der Waals surface area contributed by atoms with Crippen molar-refractivity contribution in [3.8, 4) is 0 Å². The second kappa shape index (κ2) is 6.54. The molecule has 8 heavy (non-hydrogen) atoms. The molecule has 1 unspecified atom stereocenters. The number of aromatic nitrogens is 1. The molecule has 3 N–H and O–H groups in total. The molecule has 1 aromatic heterocycles. The molecule has 0 fully saturated rings. The van der Waals surface area contributed by atoms with Crippen LogP contribution in [0.15, 0.2) is 30.6 Å². The first-order valence-corrected chi connectivity index (χ1v) is 1.85. The predicted octanol–water partition coefficient (Wildman–Crippen LogP) is 1.30. The largest absolute Gasteiger partial charge is 0.344 e. The summed E-state index contributed by atoms with van der Waals surface area (Å²) < 4.78 is 0. The Labute approximate surface area is 52.5 Å². The molecule has 0 saturated carbocycles. The van der Waals surface area contributed by atoms with Crippen molar-refractivity contribution in [3.05, 3.63) is 30.6 Å². The molecule has 1 rings (SSSR count). The second-order valence-electron chi connectivity index (χ2n) is 1.02. The lowest BCUT2D eigenvalue weighted by molar-refractivity contribution is 1.33. The zero-order chi connectivity index (χ0) is 4.24. The van der Waals surface area contributed by atoms with Crippen molar-refractivity contribution in [2.45, 2.75) is 0 Å². The average molecular weight is 130 g/mol. The van der Waals surface area contributed by atoms with Crippen molar-refractivity contribution in [1.82, 2.24) is 11.1 Å². The van der Waals surface area contributed by atoms with Gasteiger partial charge in [-0.1, -0.05) is 6.07 Å². The average Bonchev–Trinajstić information content (AvgIpc) is 1.72. The molecule has 1 heterocycles. The van der Waals surface area contributed by atoms with Crippen LogP contribution < -0.4 is 6.15 Å². The first kappa shape index (κ1) is 10.5. The fourth-order valence-corrected chi connectivity index (χ4v) is 0.313. The van der Waals surface area contributed by atoms with Gasteiger partial charge in [-0.05, 0) is 12.1 Å². The minimum absolute atomic E-state index is 0. The van der Waals surface area contributed by atoms with E-state index in [9.17, 15) is 0 Å². The first-order valence-electron chi connectivity index (χ1n) is 1.85. The normalized spacial score (nSPS) is 6.00. The van der Waals surface area contributed by atoms with Crippen molar-refractivity contribution in [2.24, 2.45) is 0 Å². The van der Waals surface area contributed by atoms with E-state index in [-0.39, 0.29) is 16.0 Å². The predicted molar refractivity (Wildman–Crippen MR) is 40.4 cm³/mol. The van der Waals surface area contributed by atoms with Gasteiger partial charge in [0.2, 0.25) is 0 Å². The van der Waals surface area contributed by atoms with Crippen molar-refractivity contribution in [2.75, 3.05) is 0 Å². The first-order chi connectivity index (χ1) is 3.00. The quantitative estimate of drug-likeness (QED) is 0.538. The van der Waals surface area contributed by atoms with E-state index in [0.29, 0.717) is 0 Å². The van der Waals surface area contributed by atoms with Gasteiger partial charge in [-0.2, -0.15) is 9.90 Å². The van der Waals surface area contributed by atoms with E-state index in [1.165, 1.54) is 0 Å². The highest BCUT2D eigenvalue weighted by molar-refractivity contribution is 6.92. The topological polar surface area (TPSA) is 47.9 Å². The van der Waals surface area contributed by atoms with Gasteiger partial charge >= 0.3 is 0 Å². The van der Waals surface area contributed by atoms with E-state index in [1.54, 1.807) is 12.4 Å². The van der Waals surface area contributed by atoms with E-state index in [2.05, 4.69) is 4.98 Å². The molecule has 2 nitrogen and oxygen atoms in total. The van der Waals surface area contributed by atoms with Gasteiger partial charge in [0.15, 0.2) is 0 Å². The molecule has 46 valence electrons. The van der Waals surface area contributed by atoms with Crippen LogP contribution in [0.3, 0.4) is 0 Å². The summed E-state index contributed by atoms with van der Waals surface area (Å²) in [4.78, 5) is 3.78. The molecular formula is C5H11N2P. The minimum Gasteiger partial charge on any atom is -0.344 e. The number of nitrogens with zero attached hydrogens (tertiary/aromatic N) is 1. The number of hydrogen-bond donors (Lipinski definition) is 1.